The van der Waals surface area contributed by atoms with Gasteiger partial charge < -0.3 is 15.3 Å². The van der Waals surface area contributed by atoms with E-state index in [1.165, 1.54) is 12.3 Å². The van der Waals surface area contributed by atoms with Crippen molar-refractivity contribution in [1.82, 2.24) is 10.3 Å². The third kappa shape index (κ3) is 3.26. The van der Waals surface area contributed by atoms with Gasteiger partial charge in [-0.1, -0.05) is 11.6 Å². The van der Waals surface area contributed by atoms with E-state index < -0.39 is 5.82 Å². The quantitative estimate of drug-likeness (QED) is 0.826. The molecule has 2 N–H and O–H groups in total. The van der Waals surface area contributed by atoms with Crippen molar-refractivity contribution < 1.29 is 9.50 Å². The van der Waals surface area contributed by atoms with E-state index in [4.69, 9.17) is 11.6 Å². The topological polar surface area (TPSA) is 48.4 Å². The molecule has 0 aromatic carbocycles. The first-order chi connectivity index (χ1) is 9.61. The van der Waals surface area contributed by atoms with Crippen LogP contribution in [0.3, 0.4) is 0 Å². The maximum Gasteiger partial charge on any atom is 0.167 e. The number of nitrogens with one attached hydrogen (secondary N) is 1. The van der Waals surface area contributed by atoms with Crippen LogP contribution in [0.1, 0.15) is 19.3 Å². The van der Waals surface area contributed by atoms with E-state index in [2.05, 4.69) is 10.3 Å². The lowest BCUT2D eigenvalue weighted by Gasteiger charge is -2.48. The second kappa shape index (κ2) is 6.65. The summed E-state index contributed by atoms with van der Waals surface area (Å²) in [5.41, 5.74) is -0.190. The molecule has 118 valence electrons. The van der Waals surface area contributed by atoms with Crippen molar-refractivity contribution in [3.05, 3.63) is 23.1 Å². The Morgan fingerprint density at radius 1 is 1.52 bits per heavy atom. The summed E-state index contributed by atoms with van der Waals surface area (Å²) in [5.74, 6) is -0.0564. The molecule has 21 heavy (non-hydrogen) atoms. The minimum absolute atomic E-state index is 0. The van der Waals surface area contributed by atoms with Gasteiger partial charge in [-0.15, -0.1) is 12.4 Å². The first-order valence-corrected chi connectivity index (χ1v) is 7.43. The lowest BCUT2D eigenvalue weighted by atomic mass is 9.72. The van der Waals surface area contributed by atoms with Crippen molar-refractivity contribution in [2.75, 3.05) is 31.1 Å². The number of hydrogen-bond donors (Lipinski definition) is 2. The number of nitrogens with zero attached hydrogens (tertiary/aromatic N) is 2. The number of aliphatic hydroxyl groups excluding tert-OH is 1. The molecule has 7 heteroatoms. The highest BCUT2D eigenvalue weighted by Gasteiger charge is 2.43. The molecule has 2 aliphatic rings. The molecule has 1 aromatic rings. The summed E-state index contributed by atoms with van der Waals surface area (Å²) in [6.45, 7) is 3.02. The van der Waals surface area contributed by atoms with Crippen LogP contribution in [0.2, 0.25) is 5.02 Å². The molecule has 0 radical (unpaired) electrons. The molecule has 2 atom stereocenters. The molecule has 0 aliphatic carbocycles. The summed E-state index contributed by atoms with van der Waals surface area (Å²) in [6.07, 6.45) is 3.79. The molecule has 0 unspecified atom stereocenters. The number of aliphatic hydroxyl groups is 1. The predicted molar refractivity (Wildman–Crippen MR) is 83.8 cm³/mol. The lowest BCUT2D eigenvalue weighted by molar-refractivity contribution is -0.0103. The highest BCUT2D eigenvalue weighted by molar-refractivity contribution is 6.30. The van der Waals surface area contributed by atoms with Crippen LogP contribution in [0.15, 0.2) is 12.3 Å². The molecule has 3 rings (SSSR count). The third-order valence-corrected chi connectivity index (χ3v) is 4.68. The first kappa shape index (κ1) is 16.7. The van der Waals surface area contributed by atoms with Gasteiger partial charge in [0.2, 0.25) is 0 Å². The number of aromatic nitrogens is 1. The maximum absolute atomic E-state index is 14.0. The van der Waals surface area contributed by atoms with E-state index in [0.717, 1.165) is 38.9 Å². The summed E-state index contributed by atoms with van der Waals surface area (Å²) >= 11 is 5.75. The van der Waals surface area contributed by atoms with Crippen LogP contribution in [-0.4, -0.2) is 42.4 Å². The highest BCUT2D eigenvalue weighted by atomic mass is 35.5. The van der Waals surface area contributed by atoms with Gasteiger partial charge in [-0.05, 0) is 31.9 Å². The zero-order valence-corrected chi connectivity index (χ0v) is 13.3. The number of piperidine rings is 2. The summed E-state index contributed by atoms with van der Waals surface area (Å²) in [4.78, 5) is 6.06. The normalized spacial score (nSPS) is 29.3. The van der Waals surface area contributed by atoms with Crippen molar-refractivity contribution in [3.8, 4) is 0 Å². The van der Waals surface area contributed by atoms with Gasteiger partial charge in [0.1, 0.15) is 0 Å². The number of pyridine rings is 1. The van der Waals surface area contributed by atoms with Gasteiger partial charge in [0.05, 0.1) is 11.1 Å². The van der Waals surface area contributed by atoms with Crippen LogP contribution in [-0.2, 0) is 0 Å². The highest BCUT2D eigenvalue weighted by Crippen LogP contribution is 2.38. The molecule has 2 saturated heterocycles. The van der Waals surface area contributed by atoms with Crippen molar-refractivity contribution in [2.24, 2.45) is 5.41 Å². The van der Waals surface area contributed by atoms with Crippen LogP contribution in [0.5, 0.6) is 0 Å². The van der Waals surface area contributed by atoms with Crippen molar-refractivity contribution >= 4 is 29.8 Å². The molecular formula is C14H20Cl2FN3O. The molecule has 0 saturated carbocycles. The SMILES string of the molecule is Cl.O[C@H]1CCNC[C@]12CCCN(c1ncc(Cl)cc1F)C2. The fourth-order valence-corrected chi connectivity index (χ4v) is 3.54. The fraction of sp³-hybridized carbons (Fsp3) is 0.643. The Kier molecular flexibility index (Phi) is 5.30. The van der Waals surface area contributed by atoms with Crippen molar-refractivity contribution in [2.45, 2.75) is 25.4 Å². The Morgan fingerprint density at radius 3 is 3.05 bits per heavy atom. The summed E-state index contributed by atoms with van der Waals surface area (Å²) in [7, 11) is 0. The maximum atomic E-state index is 14.0. The van der Waals surface area contributed by atoms with Gasteiger partial charge in [0, 0.05) is 31.2 Å². The largest absolute Gasteiger partial charge is 0.392 e. The van der Waals surface area contributed by atoms with Crippen LogP contribution in [0, 0.1) is 11.2 Å². The Bertz CT molecular complexity index is 501. The van der Waals surface area contributed by atoms with E-state index in [1.54, 1.807) is 0 Å². The fourth-order valence-electron chi connectivity index (χ4n) is 3.40. The minimum atomic E-state index is -0.396. The molecule has 2 fully saturated rings. The molecule has 0 amide bonds. The smallest absolute Gasteiger partial charge is 0.167 e. The summed E-state index contributed by atoms with van der Waals surface area (Å²) < 4.78 is 14.0. The van der Waals surface area contributed by atoms with Gasteiger partial charge in [0.25, 0.3) is 0 Å². The number of hydrogen-bond acceptors (Lipinski definition) is 4. The Morgan fingerprint density at radius 2 is 2.33 bits per heavy atom. The zero-order valence-electron chi connectivity index (χ0n) is 11.7. The van der Waals surface area contributed by atoms with E-state index in [0.29, 0.717) is 17.4 Å². The van der Waals surface area contributed by atoms with E-state index in [1.807, 2.05) is 4.90 Å². The standard InChI is InChI=1S/C14H19ClFN3O.ClH/c15-10-6-11(16)13(18-7-10)19-5-1-3-14(9-19)8-17-4-2-12(14)20;/h6-7,12,17,20H,1-5,8-9H2;1H/t12-,14-;/m0./s1. The van der Waals surface area contributed by atoms with Gasteiger partial charge in [-0.3, -0.25) is 0 Å². The monoisotopic (exact) mass is 335 g/mol. The minimum Gasteiger partial charge on any atom is -0.392 e. The van der Waals surface area contributed by atoms with Gasteiger partial charge in [0.15, 0.2) is 11.6 Å². The van der Waals surface area contributed by atoms with Crippen molar-refractivity contribution in [3.63, 3.8) is 0 Å². The van der Waals surface area contributed by atoms with Gasteiger partial charge in [-0.25, -0.2) is 9.37 Å². The Labute approximate surface area is 135 Å². The second-order valence-electron chi connectivity index (χ2n) is 5.83. The molecule has 0 bridgehead atoms. The average Bonchev–Trinajstić information content (AvgIpc) is 2.43. The lowest BCUT2D eigenvalue weighted by Crippen LogP contribution is -2.58. The zero-order chi connectivity index (χ0) is 14.2. The van der Waals surface area contributed by atoms with Gasteiger partial charge in [-0.2, -0.15) is 0 Å². The summed E-state index contributed by atoms with van der Waals surface area (Å²) in [6, 6.07) is 1.29. The molecule has 1 aromatic heterocycles. The second-order valence-corrected chi connectivity index (χ2v) is 6.26. The predicted octanol–water partition coefficient (Wildman–Crippen LogP) is 2.24. The van der Waals surface area contributed by atoms with Crippen LogP contribution in [0.25, 0.3) is 0 Å². The Balaban J connectivity index is 0.00000161. The molecule has 3 heterocycles. The Hall–Kier alpha value is -0.620. The van der Waals surface area contributed by atoms with Crippen LogP contribution < -0.4 is 10.2 Å². The molecule has 1 spiro atoms. The van der Waals surface area contributed by atoms with E-state index in [9.17, 15) is 9.50 Å². The average molecular weight is 336 g/mol. The summed E-state index contributed by atoms with van der Waals surface area (Å²) in [5, 5.41) is 14.0. The third-order valence-electron chi connectivity index (χ3n) is 4.47. The van der Waals surface area contributed by atoms with E-state index >= 15 is 0 Å². The molecular weight excluding hydrogens is 316 g/mol. The number of anilines is 1. The first-order valence-electron chi connectivity index (χ1n) is 7.05. The van der Waals surface area contributed by atoms with E-state index in [-0.39, 0.29) is 23.9 Å². The van der Waals surface area contributed by atoms with Gasteiger partial charge >= 0.3 is 0 Å². The molecule has 2 aliphatic heterocycles. The molecule has 4 nitrogen and oxygen atoms in total. The van der Waals surface area contributed by atoms with Crippen molar-refractivity contribution in [1.29, 1.82) is 0 Å². The van der Waals surface area contributed by atoms with Crippen LogP contribution >= 0.6 is 24.0 Å². The van der Waals surface area contributed by atoms with Crippen LogP contribution in [0.4, 0.5) is 10.2 Å². The number of rotatable bonds is 1. The number of halogens is 3.